The molecule has 0 aliphatic rings. The van der Waals surface area contributed by atoms with Gasteiger partial charge in [-0.15, -0.1) is 0 Å². The Hall–Kier alpha value is -0.520. The first-order chi connectivity index (χ1) is 8.26. The zero-order valence-electron chi connectivity index (χ0n) is 10.4. The number of nitrogens with one attached hydrogen (secondary N) is 1. The molecule has 0 unspecified atom stereocenters. The lowest BCUT2D eigenvalue weighted by molar-refractivity contribution is 0.136. The molecule has 0 heterocycles. The Morgan fingerprint density at radius 1 is 1.33 bits per heavy atom. The molecule has 0 spiro atoms. The van der Waals surface area contributed by atoms with Crippen molar-refractivity contribution in [1.82, 2.24) is 5.32 Å². The van der Waals surface area contributed by atoms with Crippen molar-refractivity contribution < 1.29 is 10.2 Å². The van der Waals surface area contributed by atoms with Crippen LogP contribution in [-0.4, -0.2) is 28.9 Å². The number of nitrogen functional groups attached to an aromatic ring is 1. The molecule has 0 amide bonds. The molecular formula is C12H18Cl2N2O2. The van der Waals surface area contributed by atoms with E-state index in [0.717, 1.165) is 0 Å². The Labute approximate surface area is 117 Å². The molecule has 0 aliphatic heterocycles. The SMILES string of the molecule is CC(C)(CO)NC[C@@H](O)c1cc(Cl)c(N)c(Cl)c1. The quantitative estimate of drug-likeness (QED) is 0.626. The van der Waals surface area contributed by atoms with Gasteiger partial charge in [-0.25, -0.2) is 0 Å². The Kier molecular flexibility index (Phi) is 5.25. The van der Waals surface area contributed by atoms with Crippen molar-refractivity contribution in [3.05, 3.63) is 27.7 Å². The molecule has 5 N–H and O–H groups in total. The van der Waals surface area contributed by atoms with E-state index >= 15 is 0 Å². The monoisotopic (exact) mass is 292 g/mol. The van der Waals surface area contributed by atoms with E-state index in [1.54, 1.807) is 12.1 Å². The Morgan fingerprint density at radius 3 is 2.28 bits per heavy atom. The summed E-state index contributed by atoms with van der Waals surface area (Å²) >= 11 is 11.8. The summed E-state index contributed by atoms with van der Waals surface area (Å²) in [4.78, 5) is 0. The first-order valence-corrected chi connectivity index (χ1v) is 6.31. The fraction of sp³-hybridized carbons (Fsp3) is 0.500. The number of halogens is 2. The molecule has 0 radical (unpaired) electrons. The molecule has 102 valence electrons. The summed E-state index contributed by atoms with van der Waals surface area (Å²) in [6.07, 6.45) is -0.772. The Bertz CT molecular complexity index is 402. The van der Waals surface area contributed by atoms with Crippen LogP contribution in [0.4, 0.5) is 5.69 Å². The van der Waals surface area contributed by atoms with Crippen molar-refractivity contribution in [3.63, 3.8) is 0 Å². The van der Waals surface area contributed by atoms with Gasteiger partial charge in [0, 0.05) is 12.1 Å². The molecule has 0 aliphatic carbocycles. The van der Waals surface area contributed by atoms with E-state index in [1.165, 1.54) is 0 Å². The number of β-amino-alcohol motifs (C(OH)–C–C–N with tert-alkyl or cyclic N) is 1. The summed E-state index contributed by atoms with van der Waals surface area (Å²) in [5.74, 6) is 0. The van der Waals surface area contributed by atoms with Gasteiger partial charge in [0.2, 0.25) is 0 Å². The topological polar surface area (TPSA) is 78.5 Å². The molecular weight excluding hydrogens is 275 g/mol. The van der Waals surface area contributed by atoms with Gasteiger partial charge in [0.25, 0.3) is 0 Å². The largest absolute Gasteiger partial charge is 0.396 e. The van der Waals surface area contributed by atoms with E-state index in [2.05, 4.69) is 5.32 Å². The average Bonchev–Trinajstić information content (AvgIpc) is 2.32. The highest BCUT2D eigenvalue weighted by Gasteiger charge is 2.18. The van der Waals surface area contributed by atoms with Gasteiger partial charge in [0.15, 0.2) is 0 Å². The molecule has 6 heteroatoms. The number of benzene rings is 1. The standard InChI is InChI=1S/C12H18Cl2N2O2/c1-12(2,6-17)16-5-10(18)7-3-8(13)11(15)9(14)4-7/h3-4,10,16-18H,5-6,15H2,1-2H3/t10-/m1/s1. The predicted octanol–water partition coefficient (Wildman–Crippen LogP) is 1.97. The molecule has 0 saturated carbocycles. The number of hydrogen-bond acceptors (Lipinski definition) is 4. The van der Waals surface area contributed by atoms with Crippen LogP contribution in [0.5, 0.6) is 0 Å². The second-order valence-electron chi connectivity index (χ2n) is 4.84. The number of aliphatic hydroxyl groups excluding tert-OH is 2. The van der Waals surface area contributed by atoms with Gasteiger partial charge in [0.1, 0.15) is 0 Å². The first kappa shape index (κ1) is 15.5. The lowest BCUT2D eigenvalue weighted by atomic mass is 10.0. The third kappa shape index (κ3) is 4.00. The summed E-state index contributed by atoms with van der Waals surface area (Å²) < 4.78 is 0. The van der Waals surface area contributed by atoms with Crippen molar-refractivity contribution in [1.29, 1.82) is 0 Å². The summed E-state index contributed by atoms with van der Waals surface area (Å²) in [7, 11) is 0. The zero-order chi connectivity index (χ0) is 13.9. The highest BCUT2D eigenvalue weighted by molar-refractivity contribution is 6.38. The fourth-order valence-electron chi connectivity index (χ4n) is 1.34. The molecule has 4 nitrogen and oxygen atoms in total. The highest BCUT2D eigenvalue weighted by atomic mass is 35.5. The van der Waals surface area contributed by atoms with Crippen molar-refractivity contribution >= 4 is 28.9 Å². The number of rotatable bonds is 5. The van der Waals surface area contributed by atoms with Crippen LogP contribution in [0.3, 0.4) is 0 Å². The Balaban J connectivity index is 2.76. The van der Waals surface area contributed by atoms with Gasteiger partial charge < -0.3 is 21.3 Å². The van der Waals surface area contributed by atoms with Crippen LogP contribution in [0.15, 0.2) is 12.1 Å². The van der Waals surface area contributed by atoms with Crippen LogP contribution in [0, 0.1) is 0 Å². The number of hydrogen-bond donors (Lipinski definition) is 4. The molecule has 1 rings (SSSR count). The molecule has 0 bridgehead atoms. The van der Waals surface area contributed by atoms with Gasteiger partial charge in [-0.05, 0) is 31.5 Å². The maximum absolute atomic E-state index is 10.0. The fourth-order valence-corrected chi connectivity index (χ4v) is 1.85. The minimum absolute atomic E-state index is 0.0248. The summed E-state index contributed by atoms with van der Waals surface area (Å²) in [5.41, 5.74) is 6.05. The molecule has 1 aromatic carbocycles. The van der Waals surface area contributed by atoms with Crippen molar-refractivity contribution in [2.75, 3.05) is 18.9 Å². The number of anilines is 1. The lowest BCUT2D eigenvalue weighted by Crippen LogP contribution is -2.44. The van der Waals surface area contributed by atoms with Gasteiger partial charge in [-0.3, -0.25) is 0 Å². The maximum atomic E-state index is 10.0. The first-order valence-electron chi connectivity index (χ1n) is 5.55. The van der Waals surface area contributed by atoms with E-state index in [1.807, 2.05) is 13.8 Å². The Morgan fingerprint density at radius 2 is 1.83 bits per heavy atom. The third-order valence-corrected chi connectivity index (χ3v) is 3.28. The molecule has 0 saturated heterocycles. The van der Waals surface area contributed by atoms with Crippen molar-refractivity contribution in [2.24, 2.45) is 0 Å². The van der Waals surface area contributed by atoms with Crippen molar-refractivity contribution in [2.45, 2.75) is 25.5 Å². The van der Waals surface area contributed by atoms with Crippen LogP contribution in [0.1, 0.15) is 25.5 Å². The smallest absolute Gasteiger partial charge is 0.0915 e. The van der Waals surface area contributed by atoms with Crippen LogP contribution >= 0.6 is 23.2 Å². The molecule has 1 atom stereocenters. The van der Waals surface area contributed by atoms with Crippen LogP contribution in [0.2, 0.25) is 10.0 Å². The average molecular weight is 293 g/mol. The van der Waals surface area contributed by atoms with Crippen LogP contribution in [0.25, 0.3) is 0 Å². The normalized spacial score (nSPS) is 13.7. The summed E-state index contributed by atoms with van der Waals surface area (Å²) in [6.45, 7) is 3.93. The molecule has 1 aromatic rings. The molecule has 0 aromatic heterocycles. The number of aliphatic hydroxyl groups is 2. The van der Waals surface area contributed by atoms with Crippen molar-refractivity contribution in [3.8, 4) is 0 Å². The minimum Gasteiger partial charge on any atom is -0.396 e. The van der Waals surface area contributed by atoms with Gasteiger partial charge >= 0.3 is 0 Å². The molecule has 0 fully saturated rings. The highest BCUT2D eigenvalue weighted by Crippen LogP contribution is 2.31. The van der Waals surface area contributed by atoms with Gasteiger partial charge in [0.05, 0.1) is 28.4 Å². The third-order valence-electron chi connectivity index (χ3n) is 2.66. The van der Waals surface area contributed by atoms with Crippen LogP contribution < -0.4 is 11.1 Å². The minimum atomic E-state index is -0.772. The summed E-state index contributed by atoms with van der Waals surface area (Å²) in [6, 6.07) is 3.17. The maximum Gasteiger partial charge on any atom is 0.0915 e. The van der Waals surface area contributed by atoms with E-state index < -0.39 is 11.6 Å². The van der Waals surface area contributed by atoms with Gasteiger partial charge in [-0.2, -0.15) is 0 Å². The second-order valence-corrected chi connectivity index (χ2v) is 5.65. The summed E-state index contributed by atoms with van der Waals surface area (Å²) in [5, 5.41) is 22.8. The van der Waals surface area contributed by atoms with Crippen LogP contribution in [-0.2, 0) is 0 Å². The molecule has 18 heavy (non-hydrogen) atoms. The number of nitrogens with two attached hydrogens (primary N) is 1. The second kappa shape index (κ2) is 6.08. The zero-order valence-corrected chi connectivity index (χ0v) is 11.9. The van der Waals surface area contributed by atoms with E-state index in [-0.39, 0.29) is 13.2 Å². The predicted molar refractivity (Wildman–Crippen MR) is 75.0 cm³/mol. The lowest BCUT2D eigenvalue weighted by Gasteiger charge is -2.25. The van der Waals surface area contributed by atoms with Gasteiger partial charge in [-0.1, -0.05) is 23.2 Å². The van der Waals surface area contributed by atoms with E-state index in [9.17, 15) is 5.11 Å². The van der Waals surface area contributed by atoms with E-state index in [4.69, 9.17) is 34.0 Å². The van der Waals surface area contributed by atoms with E-state index in [0.29, 0.717) is 21.3 Å².